The highest BCUT2D eigenvalue weighted by Crippen LogP contribution is 2.24. The van der Waals surface area contributed by atoms with Gasteiger partial charge in [-0.15, -0.1) is 11.3 Å². The lowest BCUT2D eigenvalue weighted by Crippen LogP contribution is -2.38. The van der Waals surface area contributed by atoms with E-state index in [1.54, 1.807) is 11.3 Å². The number of likely N-dealkylation sites (tertiary alicyclic amines) is 1. The average molecular weight is 300 g/mol. The van der Waals surface area contributed by atoms with Gasteiger partial charge in [-0.2, -0.15) is 0 Å². The molecule has 2 aromatic rings. The molecule has 1 fully saturated rings. The van der Waals surface area contributed by atoms with E-state index < -0.39 is 0 Å². The van der Waals surface area contributed by atoms with Crippen molar-refractivity contribution in [3.05, 3.63) is 41.4 Å². The van der Waals surface area contributed by atoms with E-state index in [-0.39, 0.29) is 5.91 Å². The van der Waals surface area contributed by atoms with Crippen LogP contribution in [0.2, 0.25) is 0 Å². The normalized spacial score (nSPS) is 16.1. The minimum Gasteiger partial charge on any atom is -0.342 e. The van der Waals surface area contributed by atoms with E-state index in [0.717, 1.165) is 48.1 Å². The second-order valence-corrected chi connectivity index (χ2v) is 6.61. The van der Waals surface area contributed by atoms with Gasteiger partial charge in [-0.25, -0.2) is 4.98 Å². The fourth-order valence-electron chi connectivity index (χ4n) is 2.63. The van der Waals surface area contributed by atoms with Gasteiger partial charge in [0.2, 0.25) is 5.91 Å². The Morgan fingerprint density at radius 1 is 1.29 bits per heavy atom. The smallest absolute Gasteiger partial charge is 0.228 e. The number of thiazole rings is 1. The van der Waals surface area contributed by atoms with E-state index in [2.05, 4.69) is 24.0 Å². The maximum Gasteiger partial charge on any atom is 0.228 e. The second kappa shape index (κ2) is 6.39. The molecule has 1 amide bonds. The molecule has 1 aromatic heterocycles. The van der Waals surface area contributed by atoms with Gasteiger partial charge in [0.1, 0.15) is 5.01 Å². The molecule has 0 atom stereocenters. The van der Waals surface area contributed by atoms with Crippen LogP contribution in [-0.4, -0.2) is 28.9 Å². The van der Waals surface area contributed by atoms with Crippen LogP contribution in [-0.2, 0) is 11.2 Å². The standard InChI is InChI=1S/C17H20N2OS/c1-13-7-9-19(10-8-13)16(20)11-15-12-21-17(18-15)14-5-3-2-4-6-14/h2-6,12-13H,7-11H2,1H3. The van der Waals surface area contributed by atoms with Crippen LogP contribution in [0.3, 0.4) is 0 Å². The number of nitrogens with zero attached hydrogens (tertiary/aromatic N) is 2. The van der Waals surface area contributed by atoms with Gasteiger partial charge in [-0.3, -0.25) is 4.79 Å². The second-order valence-electron chi connectivity index (χ2n) is 5.75. The SMILES string of the molecule is CC1CCN(C(=O)Cc2csc(-c3ccccc3)n2)CC1. The number of amides is 1. The molecule has 110 valence electrons. The summed E-state index contributed by atoms with van der Waals surface area (Å²) >= 11 is 1.61. The number of piperidine rings is 1. The number of hydrogen-bond acceptors (Lipinski definition) is 3. The van der Waals surface area contributed by atoms with Gasteiger partial charge in [0.05, 0.1) is 12.1 Å². The van der Waals surface area contributed by atoms with Gasteiger partial charge in [0.25, 0.3) is 0 Å². The molecule has 0 radical (unpaired) electrons. The number of aromatic nitrogens is 1. The topological polar surface area (TPSA) is 33.2 Å². The Labute approximate surface area is 129 Å². The van der Waals surface area contributed by atoms with Crippen LogP contribution in [0.15, 0.2) is 35.7 Å². The molecule has 2 heterocycles. The summed E-state index contributed by atoms with van der Waals surface area (Å²) in [5, 5.41) is 3.00. The molecule has 0 bridgehead atoms. The largest absolute Gasteiger partial charge is 0.342 e. The summed E-state index contributed by atoms with van der Waals surface area (Å²) in [6, 6.07) is 10.1. The molecule has 0 saturated carbocycles. The van der Waals surface area contributed by atoms with Gasteiger partial charge in [-0.05, 0) is 18.8 Å². The first-order valence-corrected chi connectivity index (χ1v) is 8.38. The van der Waals surface area contributed by atoms with Crippen LogP contribution in [0.25, 0.3) is 10.6 Å². The first-order valence-electron chi connectivity index (χ1n) is 7.50. The molecule has 3 rings (SSSR count). The molecule has 21 heavy (non-hydrogen) atoms. The van der Waals surface area contributed by atoms with Crippen molar-refractivity contribution in [1.82, 2.24) is 9.88 Å². The Kier molecular flexibility index (Phi) is 4.34. The van der Waals surface area contributed by atoms with Crippen LogP contribution < -0.4 is 0 Å². The summed E-state index contributed by atoms with van der Waals surface area (Å²) in [6.45, 7) is 4.06. The van der Waals surface area contributed by atoms with Crippen molar-refractivity contribution < 1.29 is 4.79 Å². The summed E-state index contributed by atoms with van der Waals surface area (Å²) < 4.78 is 0. The van der Waals surface area contributed by atoms with Crippen molar-refractivity contribution in [1.29, 1.82) is 0 Å². The van der Waals surface area contributed by atoms with Crippen molar-refractivity contribution in [2.75, 3.05) is 13.1 Å². The number of hydrogen-bond donors (Lipinski definition) is 0. The van der Waals surface area contributed by atoms with Crippen molar-refractivity contribution in [3.8, 4) is 10.6 Å². The van der Waals surface area contributed by atoms with E-state index in [9.17, 15) is 4.79 Å². The minimum absolute atomic E-state index is 0.215. The summed E-state index contributed by atoms with van der Waals surface area (Å²) in [6.07, 6.45) is 2.67. The van der Waals surface area contributed by atoms with Crippen molar-refractivity contribution in [2.24, 2.45) is 5.92 Å². The number of benzene rings is 1. The lowest BCUT2D eigenvalue weighted by molar-refractivity contribution is -0.131. The summed E-state index contributed by atoms with van der Waals surface area (Å²) in [5.41, 5.74) is 2.01. The molecule has 1 aromatic carbocycles. The molecular formula is C17H20N2OS. The summed E-state index contributed by atoms with van der Waals surface area (Å²) in [4.78, 5) is 18.9. The summed E-state index contributed by atoms with van der Waals surface area (Å²) in [7, 11) is 0. The number of carbonyl (C=O) groups is 1. The number of rotatable bonds is 3. The highest BCUT2D eigenvalue weighted by atomic mass is 32.1. The first kappa shape index (κ1) is 14.3. The van der Waals surface area contributed by atoms with E-state index in [1.807, 2.05) is 28.5 Å². The molecular weight excluding hydrogens is 280 g/mol. The Morgan fingerprint density at radius 2 is 2.00 bits per heavy atom. The van der Waals surface area contributed by atoms with Gasteiger partial charge < -0.3 is 4.90 Å². The molecule has 1 aliphatic heterocycles. The zero-order valence-corrected chi connectivity index (χ0v) is 13.1. The van der Waals surface area contributed by atoms with E-state index in [0.29, 0.717) is 6.42 Å². The molecule has 1 saturated heterocycles. The third-order valence-electron chi connectivity index (χ3n) is 4.04. The molecule has 0 N–H and O–H groups in total. The fourth-order valence-corrected chi connectivity index (χ4v) is 3.45. The van der Waals surface area contributed by atoms with Gasteiger partial charge >= 0.3 is 0 Å². The maximum atomic E-state index is 12.3. The molecule has 0 aliphatic carbocycles. The Hall–Kier alpha value is -1.68. The van der Waals surface area contributed by atoms with Crippen LogP contribution in [0, 0.1) is 5.92 Å². The Balaban J connectivity index is 1.63. The molecule has 0 unspecified atom stereocenters. The lowest BCUT2D eigenvalue weighted by Gasteiger charge is -2.30. The van der Waals surface area contributed by atoms with Gasteiger partial charge in [-0.1, -0.05) is 37.3 Å². The highest BCUT2D eigenvalue weighted by molar-refractivity contribution is 7.13. The predicted octanol–water partition coefficient (Wildman–Crippen LogP) is 3.61. The van der Waals surface area contributed by atoms with Crippen LogP contribution >= 0.6 is 11.3 Å². The predicted molar refractivity (Wildman–Crippen MR) is 86.2 cm³/mol. The number of carbonyl (C=O) groups excluding carboxylic acids is 1. The molecule has 3 nitrogen and oxygen atoms in total. The van der Waals surface area contributed by atoms with Gasteiger partial charge in [0, 0.05) is 24.0 Å². The monoisotopic (exact) mass is 300 g/mol. The van der Waals surface area contributed by atoms with Gasteiger partial charge in [0.15, 0.2) is 0 Å². The third kappa shape index (κ3) is 3.50. The first-order chi connectivity index (χ1) is 10.2. The Morgan fingerprint density at radius 3 is 2.71 bits per heavy atom. The van der Waals surface area contributed by atoms with E-state index >= 15 is 0 Å². The van der Waals surface area contributed by atoms with Crippen molar-refractivity contribution in [3.63, 3.8) is 0 Å². The molecule has 4 heteroatoms. The van der Waals surface area contributed by atoms with E-state index in [1.165, 1.54) is 0 Å². The zero-order valence-electron chi connectivity index (χ0n) is 12.3. The summed E-state index contributed by atoms with van der Waals surface area (Å²) in [5.74, 6) is 0.963. The van der Waals surface area contributed by atoms with Crippen molar-refractivity contribution >= 4 is 17.2 Å². The average Bonchev–Trinajstić information content (AvgIpc) is 2.97. The fraction of sp³-hybridized carbons (Fsp3) is 0.412. The molecule has 0 spiro atoms. The maximum absolute atomic E-state index is 12.3. The van der Waals surface area contributed by atoms with Crippen molar-refractivity contribution in [2.45, 2.75) is 26.2 Å². The van der Waals surface area contributed by atoms with Crippen LogP contribution in [0.1, 0.15) is 25.5 Å². The van der Waals surface area contributed by atoms with Crippen LogP contribution in [0.5, 0.6) is 0 Å². The third-order valence-corrected chi connectivity index (χ3v) is 4.98. The highest BCUT2D eigenvalue weighted by Gasteiger charge is 2.21. The molecule has 1 aliphatic rings. The van der Waals surface area contributed by atoms with E-state index in [4.69, 9.17) is 0 Å². The Bertz CT molecular complexity index is 600. The quantitative estimate of drug-likeness (QED) is 0.867. The lowest BCUT2D eigenvalue weighted by atomic mass is 9.99. The zero-order chi connectivity index (χ0) is 14.7. The van der Waals surface area contributed by atoms with Crippen LogP contribution in [0.4, 0.5) is 0 Å². The minimum atomic E-state index is 0.215.